The van der Waals surface area contributed by atoms with Crippen molar-refractivity contribution in [2.75, 3.05) is 6.54 Å². The van der Waals surface area contributed by atoms with Crippen LogP contribution >= 0.6 is 0 Å². The van der Waals surface area contributed by atoms with Crippen LogP contribution in [-0.2, 0) is 9.31 Å². The molecule has 5 aromatic rings. The van der Waals surface area contributed by atoms with Gasteiger partial charge in [0.2, 0.25) is 0 Å². The van der Waals surface area contributed by atoms with Crippen molar-refractivity contribution < 1.29 is 13.7 Å². The van der Waals surface area contributed by atoms with E-state index in [1.54, 1.807) is 0 Å². The summed E-state index contributed by atoms with van der Waals surface area (Å²) >= 11 is 0. The molecule has 0 saturated carbocycles. The zero-order valence-corrected chi connectivity index (χ0v) is 24.2. The van der Waals surface area contributed by atoms with Crippen molar-refractivity contribution in [2.24, 2.45) is 4.99 Å². The van der Waals surface area contributed by atoms with Gasteiger partial charge in [-0.1, -0.05) is 67.6 Å². The average molecular weight is 529 g/mol. The molecule has 0 radical (unpaired) electrons. The van der Waals surface area contributed by atoms with Gasteiger partial charge in [-0.05, 0) is 97.7 Å². The first kappa shape index (κ1) is 26.6. The van der Waals surface area contributed by atoms with Gasteiger partial charge in [0.05, 0.1) is 11.2 Å². The Morgan fingerprint density at radius 3 is 2.23 bits per heavy atom. The van der Waals surface area contributed by atoms with Gasteiger partial charge in [-0.2, -0.15) is 0 Å². The lowest BCUT2D eigenvalue weighted by Gasteiger charge is -2.32. The SMILES string of the molecule is CC/C=C(\C=NCC)c1cc2oc3ccc(-c4cccc(B5OC(C)(C)C(C)(C)O5)c4)cc3c2c2ccccc12. The van der Waals surface area contributed by atoms with Crippen molar-refractivity contribution in [1.82, 2.24) is 0 Å². The summed E-state index contributed by atoms with van der Waals surface area (Å²) in [5.74, 6) is 0. The monoisotopic (exact) mass is 529 g/mol. The van der Waals surface area contributed by atoms with Crippen molar-refractivity contribution in [2.45, 2.75) is 59.2 Å². The number of furan rings is 1. The average Bonchev–Trinajstić information content (AvgIpc) is 3.42. The van der Waals surface area contributed by atoms with Gasteiger partial charge in [0.25, 0.3) is 0 Å². The predicted octanol–water partition coefficient (Wildman–Crippen LogP) is 8.59. The minimum atomic E-state index is -0.396. The van der Waals surface area contributed by atoms with Gasteiger partial charge in [-0.25, -0.2) is 0 Å². The quantitative estimate of drug-likeness (QED) is 0.163. The standard InChI is InChI=1S/C35H36BNO3/c1-7-12-25(22-37-8-2)29-21-32-33(28-16-10-9-15-27(28)29)30-20-24(17-18-31(30)38-32)23-13-11-14-26(19-23)36-39-34(3,4)35(5,6)40-36/h9-22H,7-8H2,1-6H3/b25-12+,37-22?. The normalized spacial score (nSPS) is 17.1. The van der Waals surface area contributed by atoms with Crippen LogP contribution in [0.5, 0.6) is 0 Å². The van der Waals surface area contributed by atoms with E-state index < -0.39 is 7.12 Å². The second-order valence-electron chi connectivity index (χ2n) is 11.6. The van der Waals surface area contributed by atoms with Gasteiger partial charge in [-0.3, -0.25) is 4.99 Å². The Morgan fingerprint density at radius 1 is 0.775 bits per heavy atom. The van der Waals surface area contributed by atoms with Gasteiger partial charge in [0.1, 0.15) is 11.2 Å². The lowest BCUT2D eigenvalue weighted by Crippen LogP contribution is -2.41. The topological polar surface area (TPSA) is 44.0 Å². The summed E-state index contributed by atoms with van der Waals surface area (Å²) in [6, 6.07) is 25.7. The smallest absolute Gasteiger partial charge is 0.456 e. The van der Waals surface area contributed by atoms with Gasteiger partial charge in [0.15, 0.2) is 0 Å². The lowest BCUT2D eigenvalue weighted by atomic mass is 9.78. The molecule has 0 amide bonds. The molecular formula is C35H36BNO3. The molecule has 0 aliphatic carbocycles. The molecule has 1 aliphatic rings. The zero-order valence-electron chi connectivity index (χ0n) is 24.2. The van der Waals surface area contributed by atoms with E-state index in [2.05, 4.69) is 125 Å². The number of fused-ring (bicyclic) bond motifs is 5. The number of hydrogen-bond acceptors (Lipinski definition) is 4. The van der Waals surface area contributed by atoms with Crippen LogP contribution in [0.2, 0.25) is 0 Å². The fourth-order valence-electron chi connectivity index (χ4n) is 5.54. The van der Waals surface area contributed by atoms with Crippen LogP contribution in [-0.4, -0.2) is 31.1 Å². The molecular weight excluding hydrogens is 493 g/mol. The van der Waals surface area contributed by atoms with Crippen LogP contribution in [0.1, 0.15) is 53.5 Å². The molecule has 40 heavy (non-hydrogen) atoms. The third kappa shape index (κ3) is 4.48. The van der Waals surface area contributed by atoms with E-state index in [9.17, 15) is 0 Å². The Labute approximate surface area is 236 Å². The molecule has 6 rings (SSSR count). The van der Waals surface area contributed by atoms with E-state index in [-0.39, 0.29) is 11.2 Å². The number of nitrogens with zero attached hydrogens (tertiary/aromatic N) is 1. The first-order valence-electron chi connectivity index (χ1n) is 14.3. The van der Waals surface area contributed by atoms with Gasteiger partial charge < -0.3 is 13.7 Å². The van der Waals surface area contributed by atoms with Crippen LogP contribution in [0.4, 0.5) is 0 Å². The Bertz CT molecular complexity index is 1780. The molecule has 1 aromatic heterocycles. The van der Waals surface area contributed by atoms with E-state index in [0.717, 1.165) is 62.6 Å². The number of allylic oxidation sites excluding steroid dienone is 2. The van der Waals surface area contributed by atoms with Crippen molar-refractivity contribution >= 4 is 57.1 Å². The number of rotatable bonds is 6. The van der Waals surface area contributed by atoms with E-state index in [1.807, 2.05) is 6.21 Å². The zero-order chi connectivity index (χ0) is 28.1. The minimum absolute atomic E-state index is 0.378. The van der Waals surface area contributed by atoms with E-state index >= 15 is 0 Å². The maximum absolute atomic E-state index is 6.46. The number of aliphatic imine (C=N–C) groups is 1. The fourth-order valence-corrected chi connectivity index (χ4v) is 5.54. The van der Waals surface area contributed by atoms with Gasteiger partial charge in [-0.15, -0.1) is 0 Å². The summed E-state index contributed by atoms with van der Waals surface area (Å²) in [5.41, 5.74) is 6.56. The summed E-state index contributed by atoms with van der Waals surface area (Å²) in [6.07, 6.45) is 5.16. The highest BCUT2D eigenvalue weighted by Crippen LogP contribution is 2.40. The van der Waals surface area contributed by atoms with Crippen molar-refractivity contribution in [3.05, 3.63) is 84.4 Å². The van der Waals surface area contributed by atoms with E-state index in [4.69, 9.17) is 13.7 Å². The molecule has 1 saturated heterocycles. The highest BCUT2D eigenvalue weighted by Gasteiger charge is 2.51. The predicted molar refractivity (Wildman–Crippen MR) is 170 cm³/mol. The second kappa shape index (κ2) is 10.1. The second-order valence-corrected chi connectivity index (χ2v) is 11.6. The largest absolute Gasteiger partial charge is 0.494 e. The summed E-state index contributed by atoms with van der Waals surface area (Å²) < 4.78 is 19.1. The highest BCUT2D eigenvalue weighted by atomic mass is 16.7. The lowest BCUT2D eigenvalue weighted by molar-refractivity contribution is 0.00578. The summed E-state index contributed by atoms with van der Waals surface area (Å²) in [4.78, 5) is 4.55. The summed E-state index contributed by atoms with van der Waals surface area (Å²) in [6.45, 7) is 13.3. The summed E-state index contributed by atoms with van der Waals surface area (Å²) in [7, 11) is -0.396. The van der Waals surface area contributed by atoms with Crippen LogP contribution in [0.25, 0.3) is 49.4 Å². The molecule has 0 N–H and O–H groups in total. The van der Waals surface area contributed by atoms with Gasteiger partial charge >= 0.3 is 7.12 Å². The molecule has 0 unspecified atom stereocenters. The number of hydrogen-bond donors (Lipinski definition) is 0. The Morgan fingerprint density at radius 2 is 1.50 bits per heavy atom. The maximum Gasteiger partial charge on any atom is 0.494 e. The molecule has 4 aromatic carbocycles. The molecule has 0 atom stereocenters. The first-order valence-corrected chi connectivity index (χ1v) is 14.3. The number of benzene rings is 4. The third-order valence-corrected chi connectivity index (χ3v) is 8.37. The van der Waals surface area contributed by atoms with Crippen LogP contribution in [0, 0.1) is 0 Å². The molecule has 202 valence electrons. The molecule has 0 spiro atoms. The van der Waals surface area contributed by atoms with Crippen LogP contribution in [0.15, 0.2) is 88.3 Å². The Kier molecular flexibility index (Phi) is 6.68. The van der Waals surface area contributed by atoms with Crippen molar-refractivity contribution in [3.63, 3.8) is 0 Å². The molecule has 2 heterocycles. The molecule has 1 fully saturated rings. The van der Waals surface area contributed by atoms with Crippen molar-refractivity contribution in [1.29, 1.82) is 0 Å². The van der Waals surface area contributed by atoms with Crippen LogP contribution < -0.4 is 5.46 Å². The molecule has 1 aliphatic heterocycles. The Hall–Kier alpha value is -3.67. The fraction of sp³-hybridized carbons (Fsp3) is 0.286. The van der Waals surface area contributed by atoms with Crippen LogP contribution in [0.3, 0.4) is 0 Å². The van der Waals surface area contributed by atoms with Gasteiger partial charge in [0, 0.05) is 23.5 Å². The molecule has 4 nitrogen and oxygen atoms in total. The summed E-state index contributed by atoms with van der Waals surface area (Å²) in [5, 5.41) is 4.64. The minimum Gasteiger partial charge on any atom is -0.456 e. The third-order valence-electron chi connectivity index (χ3n) is 8.37. The van der Waals surface area contributed by atoms with E-state index in [1.165, 1.54) is 10.8 Å². The molecule has 5 heteroatoms. The Balaban J connectivity index is 1.49. The highest BCUT2D eigenvalue weighted by molar-refractivity contribution is 6.62. The van der Waals surface area contributed by atoms with Crippen molar-refractivity contribution in [3.8, 4) is 11.1 Å². The molecule has 0 bridgehead atoms. The van der Waals surface area contributed by atoms with E-state index in [0.29, 0.717) is 0 Å². The maximum atomic E-state index is 6.46. The first-order chi connectivity index (χ1) is 19.2.